The van der Waals surface area contributed by atoms with E-state index >= 15 is 0 Å². The molecule has 0 spiro atoms. The SMILES string of the molecule is COC(=O)c1c(Cl)ccc(Cl)c1OC.COc1c(Cl)ccc(Cl)c1C(=O)O.O=C(O)c1c(Cl)ccc(Cl)c1O.Oc1cc(Cl)ccc1Cl. The van der Waals surface area contributed by atoms with Gasteiger partial charge >= 0.3 is 17.9 Å². The lowest BCUT2D eigenvalue weighted by molar-refractivity contribution is 0.0595. The standard InChI is InChI=1S/C9H8Cl2O3.C8H6Cl2O3.C7H4Cl2O3.C6H4Cl2O/c1-13-8-6(11)4-3-5(10)7(8)9(12)14-2;1-13-7-5(10)3-2-4(9)6(7)8(11)12;8-3-1-2-4(9)6(10)5(3)7(11)12;7-4-1-2-5(8)6(9)3-4/h3-4H,1-2H3;2-3H,1H3,(H,11,12);1-2,10H,(H,11,12);1-3,9H. The highest BCUT2D eigenvalue weighted by Crippen LogP contribution is 2.35. The Morgan fingerprint density at radius 1 is 0.521 bits per heavy atom. The van der Waals surface area contributed by atoms with Gasteiger partial charge in [0.05, 0.1) is 56.5 Å². The molecule has 0 radical (unpaired) electrons. The number of benzene rings is 4. The number of aromatic carboxylic acids is 2. The van der Waals surface area contributed by atoms with Gasteiger partial charge in [0.1, 0.15) is 28.2 Å². The lowest BCUT2D eigenvalue weighted by Gasteiger charge is -2.09. The fraction of sp³-hybridized carbons (Fsp3) is 0.100. The number of carboxylic acids is 2. The van der Waals surface area contributed by atoms with Gasteiger partial charge in [-0.1, -0.05) is 92.8 Å². The average molecular weight is 826 g/mol. The first-order valence-corrected chi connectivity index (χ1v) is 15.3. The largest absolute Gasteiger partial charge is 0.506 e. The van der Waals surface area contributed by atoms with E-state index in [1.54, 1.807) is 18.2 Å². The lowest BCUT2D eigenvalue weighted by atomic mass is 10.2. The number of carboxylic acid groups (broad SMARTS) is 2. The van der Waals surface area contributed by atoms with E-state index < -0.39 is 23.7 Å². The molecule has 0 saturated heterocycles. The third-order valence-electron chi connectivity index (χ3n) is 5.33. The van der Waals surface area contributed by atoms with Crippen LogP contribution in [0, 0.1) is 0 Å². The molecular formula is C30H22Cl8O10. The minimum Gasteiger partial charge on any atom is -0.506 e. The highest BCUT2D eigenvalue weighted by molar-refractivity contribution is 6.38. The molecule has 4 aromatic carbocycles. The molecule has 0 aliphatic heterocycles. The fourth-order valence-corrected chi connectivity index (χ4v) is 4.79. The maximum atomic E-state index is 11.3. The van der Waals surface area contributed by atoms with E-state index in [0.717, 1.165) is 0 Å². The quantitative estimate of drug-likeness (QED) is 0.143. The molecule has 0 heterocycles. The number of rotatable bonds is 5. The third-order valence-corrected chi connectivity index (χ3v) is 7.73. The van der Waals surface area contributed by atoms with Crippen LogP contribution in [0.3, 0.4) is 0 Å². The van der Waals surface area contributed by atoms with E-state index in [-0.39, 0.29) is 59.1 Å². The summed E-state index contributed by atoms with van der Waals surface area (Å²) in [4.78, 5) is 32.5. The van der Waals surface area contributed by atoms with E-state index in [0.29, 0.717) is 15.1 Å². The van der Waals surface area contributed by atoms with Crippen LogP contribution >= 0.6 is 92.8 Å². The summed E-state index contributed by atoms with van der Waals surface area (Å²) in [6.07, 6.45) is 0. The molecule has 0 aliphatic rings. The van der Waals surface area contributed by atoms with Gasteiger partial charge in [-0.25, -0.2) is 14.4 Å². The van der Waals surface area contributed by atoms with Crippen molar-refractivity contribution in [3.63, 3.8) is 0 Å². The number of phenols is 2. The number of ether oxygens (including phenoxy) is 3. The van der Waals surface area contributed by atoms with Gasteiger partial charge in [0.15, 0.2) is 11.5 Å². The van der Waals surface area contributed by atoms with Gasteiger partial charge in [-0.05, 0) is 48.5 Å². The van der Waals surface area contributed by atoms with Crippen LogP contribution in [-0.2, 0) is 4.74 Å². The van der Waals surface area contributed by atoms with Crippen LogP contribution in [0.15, 0.2) is 54.6 Å². The Morgan fingerprint density at radius 2 is 0.896 bits per heavy atom. The van der Waals surface area contributed by atoms with Crippen molar-refractivity contribution in [3.05, 3.63) is 111 Å². The van der Waals surface area contributed by atoms with Crippen LogP contribution in [-0.4, -0.2) is 59.7 Å². The molecule has 0 bridgehead atoms. The topological polar surface area (TPSA) is 160 Å². The summed E-state index contributed by atoms with van der Waals surface area (Å²) in [6.45, 7) is 0. The highest BCUT2D eigenvalue weighted by atomic mass is 35.5. The van der Waals surface area contributed by atoms with E-state index in [1.807, 2.05) is 0 Å². The summed E-state index contributed by atoms with van der Waals surface area (Å²) < 4.78 is 14.3. The fourth-order valence-electron chi connectivity index (χ4n) is 3.19. The monoisotopic (exact) mass is 822 g/mol. The van der Waals surface area contributed by atoms with Gasteiger partial charge in [0, 0.05) is 11.1 Å². The van der Waals surface area contributed by atoms with Gasteiger partial charge in [0.25, 0.3) is 0 Å². The van der Waals surface area contributed by atoms with Gasteiger partial charge in [-0.3, -0.25) is 0 Å². The maximum absolute atomic E-state index is 11.3. The van der Waals surface area contributed by atoms with Crippen LogP contribution < -0.4 is 9.47 Å². The van der Waals surface area contributed by atoms with Crippen LogP contribution in [0.1, 0.15) is 31.1 Å². The number of hydrogen-bond acceptors (Lipinski definition) is 8. The first-order chi connectivity index (χ1) is 22.4. The Morgan fingerprint density at radius 3 is 1.25 bits per heavy atom. The van der Waals surface area contributed by atoms with Crippen LogP contribution in [0.5, 0.6) is 23.0 Å². The van der Waals surface area contributed by atoms with E-state index in [1.165, 1.54) is 57.7 Å². The Hall–Kier alpha value is -3.19. The summed E-state index contributed by atoms with van der Waals surface area (Å²) in [6, 6.07) is 13.1. The molecule has 48 heavy (non-hydrogen) atoms. The van der Waals surface area contributed by atoms with Gasteiger partial charge in [-0.2, -0.15) is 0 Å². The zero-order chi connectivity index (χ0) is 36.9. The third kappa shape index (κ3) is 12.0. The van der Waals surface area contributed by atoms with Crippen molar-refractivity contribution in [2.75, 3.05) is 21.3 Å². The summed E-state index contributed by atoms with van der Waals surface area (Å²) in [5.41, 5.74) is -0.343. The molecule has 0 saturated carbocycles. The second-order valence-electron chi connectivity index (χ2n) is 8.33. The van der Waals surface area contributed by atoms with Crippen molar-refractivity contribution >= 4 is 111 Å². The van der Waals surface area contributed by atoms with E-state index in [2.05, 4.69) is 4.74 Å². The number of carbonyl (C=O) groups is 3. The predicted octanol–water partition coefficient (Wildman–Crippen LogP) is 10.6. The number of carbonyl (C=O) groups excluding carboxylic acids is 1. The summed E-state index contributed by atoms with van der Waals surface area (Å²) in [5.74, 6) is -3.22. The Bertz CT molecular complexity index is 1780. The predicted molar refractivity (Wildman–Crippen MR) is 188 cm³/mol. The van der Waals surface area contributed by atoms with Gasteiger partial charge in [0.2, 0.25) is 0 Å². The smallest absolute Gasteiger partial charge is 0.343 e. The first-order valence-electron chi connectivity index (χ1n) is 12.3. The van der Waals surface area contributed by atoms with Crippen LogP contribution in [0.4, 0.5) is 0 Å². The highest BCUT2D eigenvalue weighted by Gasteiger charge is 2.20. The summed E-state index contributed by atoms with van der Waals surface area (Å²) in [5, 5.41) is 37.0. The Kier molecular flexibility index (Phi) is 18.2. The normalized spacial score (nSPS) is 9.73. The maximum Gasteiger partial charge on any atom is 0.343 e. The minimum atomic E-state index is -1.31. The molecule has 18 heteroatoms. The molecule has 4 N–H and O–H groups in total. The molecule has 258 valence electrons. The molecule has 0 fully saturated rings. The Labute approximate surface area is 313 Å². The minimum absolute atomic E-state index is 0.0177. The molecule has 0 amide bonds. The zero-order valence-electron chi connectivity index (χ0n) is 24.5. The summed E-state index contributed by atoms with van der Waals surface area (Å²) in [7, 11) is 4.01. The zero-order valence-corrected chi connectivity index (χ0v) is 30.5. The first kappa shape index (κ1) is 42.8. The summed E-state index contributed by atoms with van der Waals surface area (Å²) >= 11 is 44.9. The molecule has 4 rings (SSSR count). The molecule has 4 aromatic rings. The molecule has 10 nitrogen and oxygen atoms in total. The van der Waals surface area contributed by atoms with Gasteiger partial charge < -0.3 is 34.6 Å². The molecule has 0 aliphatic carbocycles. The van der Waals surface area contributed by atoms with Crippen LogP contribution in [0.25, 0.3) is 0 Å². The molecule has 0 atom stereocenters. The van der Waals surface area contributed by atoms with Crippen LogP contribution in [0.2, 0.25) is 40.2 Å². The number of aromatic hydroxyl groups is 2. The number of phenolic OH excluding ortho intramolecular Hbond substituents is 1. The number of esters is 1. The molecular weight excluding hydrogens is 804 g/mol. The van der Waals surface area contributed by atoms with Crippen molar-refractivity contribution in [2.45, 2.75) is 0 Å². The Balaban J connectivity index is 0.000000323. The van der Waals surface area contributed by atoms with Crippen molar-refractivity contribution in [2.24, 2.45) is 0 Å². The lowest BCUT2D eigenvalue weighted by Crippen LogP contribution is -2.05. The second-order valence-corrected chi connectivity index (χ2v) is 11.6. The van der Waals surface area contributed by atoms with E-state index in [9.17, 15) is 14.4 Å². The van der Waals surface area contributed by atoms with E-state index in [4.69, 9.17) is 123 Å². The van der Waals surface area contributed by atoms with Gasteiger partial charge in [-0.15, -0.1) is 0 Å². The van der Waals surface area contributed by atoms with Crippen molar-refractivity contribution in [1.82, 2.24) is 0 Å². The van der Waals surface area contributed by atoms with Crippen molar-refractivity contribution in [3.8, 4) is 23.0 Å². The second kappa shape index (κ2) is 20.4. The molecule has 0 unspecified atom stereocenters. The number of halogens is 8. The average Bonchev–Trinajstić information content (AvgIpc) is 3.03. The molecule has 0 aromatic heterocycles. The van der Waals surface area contributed by atoms with Crippen molar-refractivity contribution < 1.29 is 49.0 Å². The number of hydrogen-bond donors (Lipinski definition) is 4. The van der Waals surface area contributed by atoms with Crippen molar-refractivity contribution in [1.29, 1.82) is 0 Å². The number of methoxy groups -OCH3 is 3.